The predicted octanol–water partition coefficient (Wildman–Crippen LogP) is 3.08. The van der Waals surface area contributed by atoms with Gasteiger partial charge in [0.25, 0.3) is 0 Å². The van der Waals surface area contributed by atoms with Crippen molar-refractivity contribution in [1.29, 1.82) is 0 Å². The number of halogens is 1. The zero-order chi connectivity index (χ0) is 18.9. The van der Waals surface area contributed by atoms with Crippen molar-refractivity contribution in [2.24, 2.45) is 0 Å². The monoisotopic (exact) mass is 384 g/mol. The van der Waals surface area contributed by atoms with E-state index in [4.69, 9.17) is 11.6 Å². The highest BCUT2D eigenvalue weighted by atomic mass is 35.5. The van der Waals surface area contributed by atoms with Crippen LogP contribution >= 0.6 is 11.6 Å². The van der Waals surface area contributed by atoms with Gasteiger partial charge < -0.3 is 10.2 Å². The average Bonchev–Trinajstić information content (AvgIpc) is 2.71. The molecule has 0 aliphatic carbocycles. The summed E-state index contributed by atoms with van der Waals surface area (Å²) >= 11 is 6.29. The minimum absolute atomic E-state index is 0.0795. The summed E-state index contributed by atoms with van der Waals surface area (Å²) in [6, 6.07) is 13.6. The number of nitrogens with zero attached hydrogens (tertiary/aromatic N) is 3. The zero-order valence-corrected chi connectivity index (χ0v) is 16.1. The normalized spacial score (nSPS) is 15.2. The number of benzene rings is 1. The highest BCUT2D eigenvalue weighted by Crippen LogP contribution is 2.25. The van der Waals surface area contributed by atoms with Crippen molar-refractivity contribution in [2.75, 3.05) is 44.2 Å². The first kappa shape index (κ1) is 19.4. The van der Waals surface area contributed by atoms with Gasteiger partial charge in [0, 0.05) is 45.0 Å². The number of hydrogen-bond donors (Lipinski definition) is 1. The van der Waals surface area contributed by atoms with Crippen LogP contribution in [-0.2, 0) is 4.79 Å². The fraction of sp³-hybridized carbons (Fsp3) is 0.333. The van der Waals surface area contributed by atoms with E-state index >= 15 is 0 Å². The Balaban J connectivity index is 1.32. The summed E-state index contributed by atoms with van der Waals surface area (Å²) in [6.45, 7) is 5.64. The van der Waals surface area contributed by atoms with Gasteiger partial charge in [0.05, 0.1) is 16.4 Å². The lowest BCUT2D eigenvalue weighted by atomic mass is 10.2. The fourth-order valence-corrected chi connectivity index (χ4v) is 3.38. The first-order valence-corrected chi connectivity index (χ1v) is 9.69. The maximum Gasteiger partial charge on any atom is 0.244 e. The molecule has 1 amide bonds. The maximum atomic E-state index is 11.8. The van der Waals surface area contributed by atoms with Crippen molar-refractivity contribution >= 4 is 29.3 Å². The van der Waals surface area contributed by atoms with Crippen LogP contribution in [0.25, 0.3) is 6.08 Å². The molecule has 0 saturated carbocycles. The van der Waals surface area contributed by atoms with Crippen LogP contribution < -0.4 is 10.2 Å². The zero-order valence-electron chi connectivity index (χ0n) is 15.4. The molecule has 142 valence electrons. The molecule has 1 aliphatic heterocycles. The van der Waals surface area contributed by atoms with E-state index in [1.54, 1.807) is 12.3 Å². The molecule has 1 N–H and O–H groups in total. The predicted molar refractivity (Wildman–Crippen MR) is 111 cm³/mol. The number of carbonyl (C=O) groups is 1. The standard InChI is InChI=1S/C21H25ClN4O/c22-19-7-1-2-8-20(19)26-16-14-25(15-17-26)13-5-12-24-21(27)10-9-18-6-3-4-11-23-18/h1-4,6-11H,5,12-17H2,(H,24,27). The third kappa shape index (κ3) is 6.08. The van der Waals surface area contributed by atoms with Crippen molar-refractivity contribution in [3.8, 4) is 0 Å². The van der Waals surface area contributed by atoms with Crippen molar-refractivity contribution in [3.63, 3.8) is 0 Å². The number of rotatable bonds is 7. The van der Waals surface area contributed by atoms with E-state index in [0.717, 1.165) is 55.5 Å². The molecule has 0 spiro atoms. The van der Waals surface area contributed by atoms with E-state index in [2.05, 4.69) is 26.2 Å². The Labute approximate surface area is 165 Å². The lowest BCUT2D eigenvalue weighted by Gasteiger charge is -2.36. The molecule has 1 fully saturated rings. The molecule has 3 rings (SSSR count). The van der Waals surface area contributed by atoms with Gasteiger partial charge in [-0.15, -0.1) is 0 Å². The summed E-state index contributed by atoms with van der Waals surface area (Å²) in [7, 11) is 0. The van der Waals surface area contributed by atoms with Gasteiger partial charge in [-0.2, -0.15) is 0 Å². The molecule has 27 heavy (non-hydrogen) atoms. The molecule has 0 unspecified atom stereocenters. The van der Waals surface area contributed by atoms with Crippen LogP contribution in [0.3, 0.4) is 0 Å². The number of nitrogens with one attached hydrogen (secondary N) is 1. The van der Waals surface area contributed by atoms with Gasteiger partial charge >= 0.3 is 0 Å². The number of anilines is 1. The van der Waals surface area contributed by atoms with Gasteiger partial charge in [-0.05, 0) is 43.3 Å². The Morgan fingerprint density at radius 3 is 2.63 bits per heavy atom. The molecule has 1 aromatic heterocycles. The van der Waals surface area contributed by atoms with E-state index in [9.17, 15) is 4.79 Å². The number of para-hydroxylation sites is 1. The molecular weight excluding hydrogens is 360 g/mol. The summed E-state index contributed by atoms with van der Waals surface area (Å²) in [6.07, 6.45) is 5.91. The van der Waals surface area contributed by atoms with Crippen LogP contribution in [-0.4, -0.2) is 55.1 Å². The van der Waals surface area contributed by atoms with Crippen molar-refractivity contribution in [2.45, 2.75) is 6.42 Å². The Bertz CT molecular complexity index is 758. The van der Waals surface area contributed by atoms with E-state index in [1.807, 2.05) is 36.4 Å². The second-order valence-corrected chi connectivity index (χ2v) is 6.92. The largest absolute Gasteiger partial charge is 0.368 e. The van der Waals surface area contributed by atoms with E-state index in [-0.39, 0.29) is 5.91 Å². The molecule has 6 heteroatoms. The van der Waals surface area contributed by atoms with Gasteiger partial charge in [-0.25, -0.2) is 0 Å². The molecule has 5 nitrogen and oxygen atoms in total. The van der Waals surface area contributed by atoms with Crippen LogP contribution in [0.4, 0.5) is 5.69 Å². The van der Waals surface area contributed by atoms with Gasteiger partial charge in [0.1, 0.15) is 0 Å². The van der Waals surface area contributed by atoms with Gasteiger partial charge in [0.15, 0.2) is 0 Å². The molecule has 0 radical (unpaired) electrons. The van der Waals surface area contributed by atoms with Gasteiger partial charge in [-0.3, -0.25) is 14.7 Å². The Morgan fingerprint density at radius 2 is 1.89 bits per heavy atom. The smallest absolute Gasteiger partial charge is 0.244 e. The molecule has 0 atom stereocenters. The Hall–Kier alpha value is -2.37. The molecule has 0 bridgehead atoms. The maximum absolute atomic E-state index is 11.8. The molecule has 1 aromatic carbocycles. The van der Waals surface area contributed by atoms with E-state index < -0.39 is 0 Å². The van der Waals surface area contributed by atoms with Crippen LogP contribution in [0.1, 0.15) is 12.1 Å². The second kappa shape index (κ2) is 10.1. The quantitative estimate of drug-likeness (QED) is 0.588. The van der Waals surface area contributed by atoms with Crippen LogP contribution in [0.5, 0.6) is 0 Å². The number of pyridine rings is 1. The van der Waals surface area contributed by atoms with Gasteiger partial charge in [0.2, 0.25) is 5.91 Å². The number of carbonyl (C=O) groups excluding carboxylic acids is 1. The van der Waals surface area contributed by atoms with Crippen LogP contribution in [0, 0.1) is 0 Å². The first-order valence-electron chi connectivity index (χ1n) is 9.31. The molecule has 1 saturated heterocycles. The fourth-order valence-electron chi connectivity index (χ4n) is 3.13. The van der Waals surface area contributed by atoms with E-state index in [1.165, 1.54) is 6.08 Å². The number of aromatic nitrogens is 1. The van der Waals surface area contributed by atoms with Crippen molar-refractivity contribution in [1.82, 2.24) is 15.2 Å². The van der Waals surface area contributed by atoms with Crippen LogP contribution in [0.2, 0.25) is 5.02 Å². The first-order chi connectivity index (χ1) is 13.2. The summed E-state index contributed by atoms with van der Waals surface area (Å²) in [5.74, 6) is -0.0795. The SMILES string of the molecule is O=C(C=Cc1ccccn1)NCCCN1CCN(c2ccccc2Cl)CC1. The number of hydrogen-bond acceptors (Lipinski definition) is 4. The lowest BCUT2D eigenvalue weighted by Crippen LogP contribution is -2.47. The summed E-state index contributed by atoms with van der Waals surface area (Å²) in [5, 5.41) is 3.74. The Kier molecular flexibility index (Phi) is 7.25. The average molecular weight is 385 g/mol. The molecular formula is C21H25ClN4O. The summed E-state index contributed by atoms with van der Waals surface area (Å²) in [4.78, 5) is 20.8. The van der Waals surface area contributed by atoms with Crippen LogP contribution in [0.15, 0.2) is 54.7 Å². The summed E-state index contributed by atoms with van der Waals surface area (Å²) < 4.78 is 0. The highest BCUT2D eigenvalue weighted by Gasteiger charge is 2.18. The third-order valence-corrected chi connectivity index (χ3v) is 4.93. The third-order valence-electron chi connectivity index (χ3n) is 4.61. The molecule has 1 aliphatic rings. The minimum atomic E-state index is -0.0795. The molecule has 2 heterocycles. The van der Waals surface area contributed by atoms with Gasteiger partial charge in [-0.1, -0.05) is 29.8 Å². The minimum Gasteiger partial charge on any atom is -0.368 e. The van der Waals surface area contributed by atoms with Crippen molar-refractivity contribution < 1.29 is 4.79 Å². The van der Waals surface area contributed by atoms with E-state index in [0.29, 0.717) is 6.54 Å². The van der Waals surface area contributed by atoms with Crippen molar-refractivity contribution in [3.05, 3.63) is 65.5 Å². The highest BCUT2D eigenvalue weighted by molar-refractivity contribution is 6.33. The Morgan fingerprint density at radius 1 is 1.11 bits per heavy atom. The number of amides is 1. The topological polar surface area (TPSA) is 48.5 Å². The second-order valence-electron chi connectivity index (χ2n) is 6.51. The molecule has 2 aromatic rings. The lowest BCUT2D eigenvalue weighted by molar-refractivity contribution is -0.116. The number of piperazine rings is 1. The summed E-state index contributed by atoms with van der Waals surface area (Å²) in [5.41, 5.74) is 1.90.